The fourth-order valence-electron chi connectivity index (χ4n) is 2.78. The van der Waals surface area contributed by atoms with Crippen LogP contribution in [-0.4, -0.2) is 58.7 Å². The minimum atomic E-state index is 0.428. The van der Waals surface area contributed by atoms with Crippen molar-refractivity contribution in [3.8, 4) is 0 Å². The van der Waals surface area contributed by atoms with Crippen molar-refractivity contribution in [2.45, 2.75) is 65.5 Å². The van der Waals surface area contributed by atoms with Crippen LogP contribution in [0.2, 0.25) is 0 Å². The molecule has 154 valence electrons. The summed E-state index contributed by atoms with van der Waals surface area (Å²) in [4.78, 5) is 2.18. The molecule has 0 saturated carbocycles. The second kappa shape index (κ2) is 11.2. The van der Waals surface area contributed by atoms with E-state index in [9.17, 15) is 0 Å². The Hall–Kier alpha value is -1.66. The first kappa shape index (κ1) is 23.4. The standard InChI is InChI=1S/C11H21N3.C10H19N3/c1-9(2)11-6-12-14(8-11)10(3)7-13(4)5;1-8(2)10-6-12-13(7-10)9(3)5-11-4/h6,8-10H,7H2,1-5H3;6-9,11H,5H2,1-4H3. The summed E-state index contributed by atoms with van der Waals surface area (Å²) in [7, 11) is 6.13. The highest BCUT2D eigenvalue weighted by Crippen LogP contribution is 2.15. The number of hydrogen-bond acceptors (Lipinski definition) is 4. The highest BCUT2D eigenvalue weighted by atomic mass is 15.3. The molecule has 0 spiro atoms. The zero-order chi connectivity index (χ0) is 20.6. The number of nitrogens with one attached hydrogen (secondary N) is 1. The van der Waals surface area contributed by atoms with Gasteiger partial charge in [0.25, 0.3) is 0 Å². The third-order valence-corrected chi connectivity index (χ3v) is 4.61. The first-order chi connectivity index (χ1) is 12.6. The van der Waals surface area contributed by atoms with E-state index < -0.39 is 0 Å². The van der Waals surface area contributed by atoms with Crippen molar-refractivity contribution in [2.75, 3.05) is 34.2 Å². The molecular weight excluding hydrogens is 336 g/mol. The first-order valence-electron chi connectivity index (χ1n) is 10.0. The Morgan fingerprint density at radius 1 is 0.852 bits per heavy atom. The summed E-state index contributed by atoms with van der Waals surface area (Å²) in [6.45, 7) is 15.1. The van der Waals surface area contributed by atoms with Crippen LogP contribution >= 0.6 is 0 Å². The predicted octanol–water partition coefficient (Wildman–Crippen LogP) is 3.92. The van der Waals surface area contributed by atoms with Crippen LogP contribution in [0.15, 0.2) is 24.8 Å². The summed E-state index contributed by atoms with van der Waals surface area (Å²) in [5.41, 5.74) is 2.62. The van der Waals surface area contributed by atoms with Crippen molar-refractivity contribution >= 4 is 0 Å². The third-order valence-electron chi connectivity index (χ3n) is 4.61. The molecule has 0 saturated heterocycles. The van der Waals surface area contributed by atoms with Crippen LogP contribution in [0.5, 0.6) is 0 Å². The number of hydrogen-bond donors (Lipinski definition) is 1. The lowest BCUT2D eigenvalue weighted by Crippen LogP contribution is -2.22. The van der Waals surface area contributed by atoms with E-state index in [0.717, 1.165) is 13.1 Å². The van der Waals surface area contributed by atoms with Crippen molar-refractivity contribution in [3.63, 3.8) is 0 Å². The topological polar surface area (TPSA) is 50.9 Å². The maximum Gasteiger partial charge on any atom is 0.0617 e. The summed E-state index contributed by atoms with van der Waals surface area (Å²) >= 11 is 0. The van der Waals surface area contributed by atoms with Gasteiger partial charge in [-0.25, -0.2) is 0 Å². The summed E-state index contributed by atoms with van der Waals surface area (Å²) < 4.78 is 4.07. The van der Waals surface area contributed by atoms with E-state index in [0.29, 0.717) is 23.9 Å². The van der Waals surface area contributed by atoms with E-state index >= 15 is 0 Å². The molecule has 0 radical (unpaired) electrons. The highest BCUT2D eigenvalue weighted by Gasteiger charge is 2.09. The molecule has 1 N–H and O–H groups in total. The van der Waals surface area contributed by atoms with Gasteiger partial charge in [-0.05, 0) is 58.0 Å². The van der Waals surface area contributed by atoms with Crippen LogP contribution in [0.1, 0.15) is 76.6 Å². The zero-order valence-electron chi connectivity index (χ0n) is 18.8. The third kappa shape index (κ3) is 7.85. The van der Waals surface area contributed by atoms with Gasteiger partial charge in [-0.2, -0.15) is 10.2 Å². The Kier molecular flexibility index (Phi) is 9.74. The fraction of sp³-hybridized carbons (Fsp3) is 0.714. The van der Waals surface area contributed by atoms with Gasteiger partial charge in [0.15, 0.2) is 0 Å². The van der Waals surface area contributed by atoms with Gasteiger partial charge in [-0.15, -0.1) is 0 Å². The molecule has 0 fully saturated rings. The summed E-state index contributed by atoms with van der Waals surface area (Å²) in [6, 6.07) is 0.870. The lowest BCUT2D eigenvalue weighted by atomic mass is 10.1. The first-order valence-corrected chi connectivity index (χ1v) is 10.0. The smallest absolute Gasteiger partial charge is 0.0617 e. The summed E-state index contributed by atoms with van der Waals surface area (Å²) in [5, 5.41) is 11.9. The normalized spacial score (nSPS) is 13.8. The molecule has 2 unspecified atom stereocenters. The van der Waals surface area contributed by atoms with E-state index in [2.05, 4.69) is 93.1 Å². The van der Waals surface area contributed by atoms with Crippen LogP contribution in [0.4, 0.5) is 0 Å². The molecule has 6 nitrogen and oxygen atoms in total. The average Bonchev–Trinajstić information content (AvgIpc) is 3.25. The molecule has 2 aromatic heterocycles. The lowest BCUT2D eigenvalue weighted by molar-refractivity contribution is 0.322. The quantitative estimate of drug-likeness (QED) is 0.759. The molecule has 0 bridgehead atoms. The number of aromatic nitrogens is 4. The van der Waals surface area contributed by atoms with Gasteiger partial charge >= 0.3 is 0 Å². The predicted molar refractivity (Wildman–Crippen MR) is 115 cm³/mol. The van der Waals surface area contributed by atoms with Crippen molar-refractivity contribution in [1.29, 1.82) is 0 Å². The van der Waals surface area contributed by atoms with E-state index in [4.69, 9.17) is 0 Å². The largest absolute Gasteiger partial charge is 0.318 e. The molecule has 0 aliphatic carbocycles. The molecule has 2 heterocycles. The van der Waals surface area contributed by atoms with Gasteiger partial charge in [0, 0.05) is 25.5 Å². The summed E-state index contributed by atoms with van der Waals surface area (Å²) in [5.74, 6) is 1.13. The number of likely N-dealkylation sites (N-methyl/N-ethyl adjacent to an activating group) is 2. The molecular formula is C21H40N6. The zero-order valence-corrected chi connectivity index (χ0v) is 18.8. The van der Waals surface area contributed by atoms with Crippen LogP contribution < -0.4 is 5.32 Å². The molecule has 0 aliphatic heterocycles. The van der Waals surface area contributed by atoms with Crippen molar-refractivity contribution in [2.24, 2.45) is 0 Å². The molecule has 0 aliphatic rings. The Labute approximate surface area is 165 Å². The maximum absolute atomic E-state index is 4.38. The van der Waals surface area contributed by atoms with Crippen LogP contribution in [-0.2, 0) is 0 Å². The fourth-order valence-corrected chi connectivity index (χ4v) is 2.78. The lowest BCUT2D eigenvalue weighted by Gasteiger charge is -2.17. The molecule has 0 aromatic carbocycles. The van der Waals surface area contributed by atoms with Crippen molar-refractivity contribution in [1.82, 2.24) is 29.8 Å². The van der Waals surface area contributed by atoms with Gasteiger partial charge in [0.05, 0.1) is 24.5 Å². The van der Waals surface area contributed by atoms with Crippen LogP contribution in [0.3, 0.4) is 0 Å². The Morgan fingerprint density at radius 2 is 1.30 bits per heavy atom. The second-order valence-corrected chi connectivity index (χ2v) is 8.33. The molecule has 6 heteroatoms. The van der Waals surface area contributed by atoms with E-state index in [-0.39, 0.29) is 0 Å². The molecule has 0 amide bonds. The van der Waals surface area contributed by atoms with Gasteiger partial charge in [0.1, 0.15) is 0 Å². The molecule has 2 rings (SSSR count). The van der Waals surface area contributed by atoms with Gasteiger partial charge < -0.3 is 10.2 Å². The van der Waals surface area contributed by atoms with Gasteiger partial charge in [0.2, 0.25) is 0 Å². The Morgan fingerprint density at radius 3 is 1.63 bits per heavy atom. The Balaban J connectivity index is 0.000000271. The van der Waals surface area contributed by atoms with E-state index in [1.807, 2.05) is 24.1 Å². The minimum absolute atomic E-state index is 0.428. The molecule has 2 aromatic rings. The van der Waals surface area contributed by atoms with Crippen molar-refractivity contribution in [3.05, 3.63) is 35.9 Å². The van der Waals surface area contributed by atoms with E-state index in [1.54, 1.807) is 0 Å². The van der Waals surface area contributed by atoms with Gasteiger partial charge in [-0.1, -0.05) is 27.7 Å². The monoisotopic (exact) mass is 376 g/mol. The molecule has 2 atom stereocenters. The minimum Gasteiger partial charge on any atom is -0.318 e. The van der Waals surface area contributed by atoms with Crippen molar-refractivity contribution < 1.29 is 0 Å². The molecule has 27 heavy (non-hydrogen) atoms. The average molecular weight is 377 g/mol. The Bertz CT molecular complexity index is 641. The SMILES string of the molecule is CC(C)c1cnn(C(C)CN(C)C)c1.CNCC(C)n1cc(C(C)C)cn1. The van der Waals surface area contributed by atoms with E-state index in [1.165, 1.54) is 11.1 Å². The highest BCUT2D eigenvalue weighted by molar-refractivity contribution is 5.09. The maximum atomic E-state index is 4.38. The second-order valence-electron chi connectivity index (χ2n) is 8.33. The summed E-state index contributed by atoms with van der Waals surface area (Å²) in [6.07, 6.45) is 8.21. The number of nitrogens with zero attached hydrogens (tertiary/aromatic N) is 5. The van der Waals surface area contributed by atoms with Gasteiger partial charge in [-0.3, -0.25) is 9.36 Å². The van der Waals surface area contributed by atoms with Crippen LogP contribution in [0.25, 0.3) is 0 Å². The number of rotatable bonds is 8. The van der Waals surface area contributed by atoms with Crippen LogP contribution in [0, 0.1) is 0 Å².